The summed E-state index contributed by atoms with van der Waals surface area (Å²) in [7, 11) is -2.85. The van der Waals surface area contributed by atoms with Crippen LogP contribution in [0.2, 0.25) is 0 Å². The van der Waals surface area contributed by atoms with Gasteiger partial charge in [0.1, 0.15) is 0 Å². The number of aliphatic imine (C=N–C) groups is 1. The fourth-order valence-corrected chi connectivity index (χ4v) is 4.81. The first kappa shape index (κ1) is 16.5. The maximum absolute atomic E-state index is 11.5. The molecule has 2 rings (SSSR count). The summed E-state index contributed by atoms with van der Waals surface area (Å²) in [5.41, 5.74) is 0. The molecule has 0 spiro atoms. The molecule has 0 aromatic rings. The highest BCUT2D eigenvalue weighted by atomic mass is 32.2. The number of hydrogen-bond acceptors (Lipinski definition) is 4. The van der Waals surface area contributed by atoms with Crippen LogP contribution in [0.25, 0.3) is 0 Å². The van der Waals surface area contributed by atoms with Crippen LogP contribution in [0.5, 0.6) is 0 Å². The SMILES string of the molecule is CCNC(=NCC1CCCN1CC)NC1CCS(=O)(=O)C1. The Kier molecular flexibility index (Phi) is 5.87. The van der Waals surface area contributed by atoms with Gasteiger partial charge in [-0.1, -0.05) is 6.92 Å². The zero-order valence-corrected chi connectivity index (χ0v) is 14.0. The quantitative estimate of drug-likeness (QED) is 0.560. The first-order chi connectivity index (χ1) is 10.0. The normalized spacial score (nSPS) is 29.7. The molecule has 0 amide bonds. The molecule has 0 saturated carbocycles. The van der Waals surface area contributed by atoms with Crippen molar-refractivity contribution in [1.29, 1.82) is 0 Å². The molecule has 21 heavy (non-hydrogen) atoms. The second-order valence-corrected chi connectivity index (χ2v) is 8.12. The summed E-state index contributed by atoms with van der Waals surface area (Å²) in [6.45, 7) is 8.02. The van der Waals surface area contributed by atoms with E-state index >= 15 is 0 Å². The Bertz CT molecular complexity index is 464. The van der Waals surface area contributed by atoms with Gasteiger partial charge in [0.05, 0.1) is 18.1 Å². The molecule has 0 aromatic heterocycles. The Labute approximate surface area is 128 Å². The van der Waals surface area contributed by atoms with E-state index in [-0.39, 0.29) is 17.5 Å². The summed E-state index contributed by atoms with van der Waals surface area (Å²) in [6.07, 6.45) is 3.13. The Morgan fingerprint density at radius 2 is 2.14 bits per heavy atom. The summed E-state index contributed by atoms with van der Waals surface area (Å²) >= 11 is 0. The van der Waals surface area contributed by atoms with Crippen LogP contribution in [-0.2, 0) is 9.84 Å². The second kappa shape index (κ2) is 7.45. The van der Waals surface area contributed by atoms with E-state index in [2.05, 4.69) is 27.4 Å². The van der Waals surface area contributed by atoms with Gasteiger partial charge in [0.2, 0.25) is 0 Å². The molecular weight excluding hydrogens is 288 g/mol. The fourth-order valence-electron chi connectivity index (χ4n) is 3.14. The van der Waals surface area contributed by atoms with Crippen LogP contribution in [-0.4, -0.2) is 69.0 Å². The van der Waals surface area contributed by atoms with Crippen molar-refractivity contribution in [3.8, 4) is 0 Å². The number of rotatable bonds is 5. The summed E-state index contributed by atoms with van der Waals surface area (Å²) in [5, 5.41) is 6.49. The van der Waals surface area contributed by atoms with Gasteiger partial charge in [0, 0.05) is 18.6 Å². The number of sulfone groups is 1. The minimum atomic E-state index is -2.85. The molecule has 2 aliphatic heterocycles. The highest BCUT2D eigenvalue weighted by Gasteiger charge is 2.28. The number of hydrogen-bond donors (Lipinski definition) is 2. The first-order valence-corrected chi connectivity index (χ1v) is 9.85. The van der Waals surface area contributed by atoms with Crippen LogP contribution in [0.15, 0.2) is 4.99 Å². The van der Waals surface area contributed by atoms with E-state index in [9.17, 15) is 8.42 Å². The zero-order chi connectivity index (χ0) is 15.3. The monoisotopic (exact) mass is 316 g/mol. The molecule has 2 atom stereocenters. The molecule has 6 nitrogen and oxygen atoms in total. The van der Waals surface area contributed by atoms with Gasteiger partial charge in [-0.3, -0.25) is 9.89 Å². The fraction of sp³-hybridized carbons (Fsp3) is 0.929. The first-order valence-electron chi connectivity index (χ1n) is 8.03. The molecular formula is C14H28N4O2S. The van der Waals surface area contributed by atoms with Crippen molar-refractivity contribution in [1.82, 2.24) is 15.5 Å². The van der Waals surface area contributed by atoms with Crippen LogP contribution >= 0.6 is 0 Å². The lowest BCUT2D eigenvalue weighted by Gasteiger charge is -2.22. The van der Waals surface area contributed by atoms with E-state index in [1.807, 2.05) is 6.92 Å². The molecule has 2 N–H and O–H groups in total. The van der Waals surface area contributed by atoms with Crippen molar-refractivity contribution in [3.63, 3.8) is 0 Å². The number of likely N-dealkylation sites (N-methyl/N-ethyl adjacent to an activating group) is 1. The molecule has 0 bridgehead atoms. The van der Waals surface area contributed by atoms with E-state index in [0.717, 1.165) is 25.6 Å². The van der Waals surface area contributed by atoms with Crippen LogP contribution in [0.4, 0.5) is 0 Å². The molecule has 7 heteroatoms. The molecule has 2 fully saturated rings. The molecule has 2 heterocycles. The smallest absolute Gasteiger partial charge is 0.191 e. The highest BCUT2D eigenvalue weighted by Crippen LogP contribution is 2.16. The average molecular weight is 316 g/mol. The van der Waals surface area contributed by atoms with Gasteiger partial charge in [0.15, 0.2) is 15.8 Å². The molecule has 2 aliphatic rings. The van der Waals surface area contributed by atoms with Gasteiger partial charge in [-0.2, -0.15) is 0 Å². The predicted octanol–water partition coefficient (Wildman–Crippen LogP) is 0.213. The lowest BCUT2D eigenvalue weighted by molar-refractivity contribution is 0.273. The minimum Gasteiger partial charge on any atom is -0.357 e. The summed E-state index contributed by atoms with van der Waals surface area (Å²) < 4.78 is 23.0. The standard InChI is InChI=1S/C14H28N4O2S/c1-3-15-14(17-12-7-9-21(19,20)11-12)16-10-13-6-5-8-18(13)4-2/h12-13H,3-11H2,1-2H3,(H2,15,16,17). The van der Waals surface area contributed by atoms with Crippen molar-refractivity contribution in [2.24, 2.45) is 4.99 Å². The van der Waals surface area contributed by atoms with Crippen LogP contribution in [0.3, 0.4) is 0 Å². The van der Waals surface area contributed by atoms with Gasteiger partial charge >= 0.3 is 0 Å². The maximum Gasteiger partial charge on any atom is 0.191 e. The maximum atomic E-state index is 11.5. The average Bonchev–Trinajstić information content (AvgIpc) is 3.02. The Balaban J connectivity index is 1.90. The molecule has 0 aliphatic carbocycles. The third kappa shape index (κ3) is 4.85. The molecule has 2 saturated heterocycles. The van der Waals surface area contributed by atoms with Gasteiger partial charge in [-0.05, 0) is 39.3 Å². The Hall–Kier alpha value is -0.820. The van der Waals surface area contributed by atoms with E-state index in [0.29, 0.717) is 12.5 Å². The van der Waals surface area contributed by atoms with Crippen LogP contribution < -0.4 is 10.6 Å². The van der Waals surface area contributed by atoms with Crippen LogP contribution in [0, 0.1) is 0 Å². The largest absolute Gasteiger partial charge is 0.357 e. The third-order valence-electron chi connectivity index (χ3n) is 4.28. The Morgan fingerprint density at radius 3 is 2.76 bits per heavy atom. The zero-order valence-electron chi connectivity index (χ0n) is 13.1. The number of guanidine groups is 1. The lowest BCUT2D eigenvalue weighted by Crippen LogP contribution is -2.44. The van der Waals surface area contributed by atoms with Gasteiger partial charge in [0.25, 0.3) is 0 Å². The molecule has 0 radical (unpaired) electrons. The lowest BCUT2D eigenvalue weighted by atomic mass is 10.2. The molecule has 122 valence electrons. The summed E-state index contributed by atoms with van der Waals surface area (Å²) in [6, 6.07) is 0.524. The second-order valence-electron chi connectivity index (χ2n) is 5.89. The van der Waals surface area contributed by atoms with E-state index in [1.54, 1.807) is 0 Å². The topological polar surface area (TPSA) is 73.8 Å². The van der Waals surface area contributed by atoms with Gasteiger partial charge < -0.3 is 10.6 Å². The van der Waals surface area contributed by atoms with Gasteiger partial charge in [-0.25, -0.2) is 8.42 Å². The van der Waals surface area contributed by atoms with Gasteiger partial charge in [-0.15, -0.1) is 0 Å². The van der Waals surface area contributed by atoms with Crippen LogP contribution in [0.1, 0.15) is 33.1 Å². The summed E-state index contributed by atoms with van der Waals surface area (Å²) in [5.74, 6) is 1.26. The number of nitrogens with zero attached hydrogens (tertiary/aromatic N) is 2. The number of nitrogens with one attached hydrogen (secondary N) is 2. The Morgan fingerprint density at radius 1 is 1.33 bits per heavy atom. The van der Waals surface area contributed by atoms with Crippen molar-refractivity contribution >= 4 is 15.8 Å². The van der Waals surface area contributed by atoms with Crippen molar-refractivity contribution in [2.75, 3.05) is 37.7 Å². The predicted molar refractivity (Wildman–Crippen MR) is 86.4 cm³/mol. The third-order valence-corrected chi connectivity index (χ3v) is 6.05. The number of likely N-dealkylation sites (tertiary alicyclic amines) is 1. The molecule has 0 aromatic carbocycles. The van der Waals surface area contributed by atoms with E-state index < -0.39 is 9.84 Å². The van der Waals surface area contributed by atoms with E-state index in [1.165, 1.54) is 19.4 Å². The highest BCUT2D eigenvalue weighted by molar-refractivity contribution is 7.91. The minimum absolute atomic E-state index is 0.00124. The summed E-state index contributed by atoms with van der Waals surface area (Å²) in [4.78, 5) is 7.13. The van der Waals surface area contributed by atoms with Crippen molar-refractivity contribution < 1.29 is 8.42 Å². The van der Waals surface area contributed by atoms with E-state index in [4.69, 9.17) is 0 Å². The molecule has 2 unspecified atom stereocenters. The van der Waals surface area contributed by atoms with Crippen molar-refractivity contribution in [3.05, 3.63) is 0 Å². The van der Waals surface area contributed by atoms with Crippen molar-refractivity contribution in [2.45, 2.75) is 45.2 Å².